The first-order chi connectivity index (χ1) is 17.4. The molecule has 0 atom stereocenters. The molecular weight excluding hydrogens is 470 g/mol. The maximum atomic E-state index is 13.2. The fourth-order valence-electron chi connectivity index (χ4n) is 5.24. The zero-order valence-corrected chi connectivity index (χ0v) is 19.8. The maximum absolute atomic E-state index is 13.2. The van der Waals surface area contributed by atoms with Crippen LogP contribution in [0.4, 0.5) is 20.4 Å². The van der Waals surface area contributed by atoms with Gasteiger partial charge in [-0.05, 0) is 43.2 Å². The van der Waals surface area contributed by atoms with Gasteiger partial charge in [0.2, 0.25) is 5.95 Å². The van der Waals surface area contributed by atoms with Crippen LogP contribution in [0, 0.1) is 0 Å². The molecule has 1 saturated heterocycles. The van der Waals surface area contributed by atoms with Gasteiger partial charge < -0.3 is 19.3 Å². The monoisotopic (exact) mass is 498 g/mol. The lowest BCUT2D eigenvalue weighted by molar-refractivity contribution is -0.125. The summed E-state index contributed by atoms with van der Waals surface area (Å²) < 4.78 is 33.5. The highest BCUT2D eigenvalue weighted by molar-refractivity contribution is 6.04. The number of hydrogen-bond donors (Lipinski definition) is 2. The summed E-state index contributed by atoms with van der Waals surface area (Å²) in [6.07, 6.45) is 1.63. The van der Waals surface area contributed by atoms with Gasteiger partial charge in [-0.3, -0.25) is 14.9 Å². The van der Waals surface area contributed by atoms with E-state index in [0.717, 1.165) is 25.3 Å². The lowest BCUT2D eigenvalue weighted by Gasteiger charge is -2.38. The van der Waals surface area contributed by atoms with E-state index in [9.17, 15) is 23.5 Å². The first kappa shape index (κ1) is 24.3. The average molecular weight is 499 g/mol. The molecule has 2 aromatic carbocycles. The molecular formula is C26H28F2N4O4. The number of aromatic nitrogens is 2. The Morgan fingerprint density at radius 3 is 2.69 bits per heavy atom. The summed E-state index contributed by atoms with van der Waals surface area (Å²) in [6, 6.07) is 10.8. The molecule has 10 heteroatoms. The highest BCUT2D eigenvalue weighted by Crippen LogP contribution is 2.40. The Bertz CT molecular complexity index is 1290. The Morgan fingerprint density at radius 2 is 1.97 bits per heavy atom. The minimum Gasteiger partial charge on any atom is -0.394 e. The van der Waals surface area contributed by atoms with Gasteiger partial charge in [0, 0.05) is 23.4 Å². The number of rotatable bonds is 6. The van der Waals surface area contributed by atoms with Crippen molar-refractivity contribution in [2.45, 2.75) is 44.1 Å². The van der Waals surface area contributed by atoms with Crippen LogP contribution in [0.3, 0.4) is 0 Å². The van der Waals surface area contributed by atoms with Crippen LogP contribution in [-0.2, 0) is 15.1 Å². The predicted molar refractivity (Wildman–Crippen MR) is 130 cm³/mol. The fraction of sp³-hybridized carbons (Fsp3) is 0.423. The summed E-state index contributed by atoms with van der Waals surface area (Å²) >= 11 is 0. The van der Waals surface area contributed by atoms with Crippen molar-refractivity contribution in [3.8, 4) is 0 Å². The number of nitrogens with one attached hydrogen (secondary N) is 1. The summed E-state index contributed by atoms with van der Waals surface area (Å²) in [5, 5.41) is 13.3. The number of morpholine rings is 1. The minimum atomic E-state index is -2.69. The lowest BCUT2D eigenvalue weighted by Crippen LogP contribution is -2.41. The molecule has 36 heavy (non-hydrogen) atoms. The Labute approximate surface area is 206 Å². The number of anilines is 2. The molecule has 2 fully saturated rings. The highest BCUT2D eigenvalue weighted by Gasteiger charge is 2.37. The fourth-order valence-corrected chi connectivity index (χ4v) is 5.24. The van der Waals surface area contributed by atoms with E-state index in [1.165, 1.54) is 18.2 Å². The molecule has 1 aliphatic heterocycles. The summed E-state index contributed by atoms with van der Waals surface area (Å²) in [7, 11) is 0. The van der Waals surface area contributed by atoms with Crippen molar-refractivity contribution >= 4 is 34.5 Å². The topological polar surface area (TPSA) is 96.7 Å². The Balaban J connectivity index is 1.58. The first-order valence-corrected chi connectivity index (χ1v) is 12.1. The van der Waals surface area contributed by atoms with Gasteiger partial charge in [-0.2, -0.15) is 0 Å². The molecule has 1 aromatic heterocycles. The summed E-state index contributed by atoms with van der Waals surface area (Å²) in [5.74, 6) is -0.480. The second-order valence-electron chi connectivity index (χ2n) is 9.37. The van der Waals surface area contributed by atoms with E-state index < -0.39 is 17.9 Å². The maximum Gasteiger partial charge on any atom is 0.263 e. The molecule has 0 spiro atoms. The van der Waals surface area contributed by atoms with Crippen LogP contribution < -0.4 is 10.2 Å². The summed E-state index contributed by atoms with van der Waals surface area (Å²) in [5.41, 5.74) is 1.14. The van der Waals surface area contributed by atoms with E-state index in [1.54, 1.807) is 11.0 Å². The molecule has 2 N–H and O–H groups in total. The van der Waals surface area contributed by atoms with Gasteiger partial charge in [0.25, 0.3) is 18.2 Å². The van der Waals surface area contributed by atoms with Crippen molar-refractivity contribution in [1.82, 2.24) is 9.55 Å². The quantitative estimate of drug-likeness (QED) is 0.530. The van der Waals surface area contributed by atoms with Gasteiger partial charge in [0.1, 0.15) is 6.61 Å². The number of carbonyl (C=O) groups is 2. The number of amides is 2. The molecule has 2 aliphatic rings. The number of aliphatic hydroxyl groups is 1. The standard InChI is InChI=1S/C26H28F2N4O4/c27-23(28)17-5-4-6-18(13-17)24(35)30-25-29-20-14-19(31-11-12-36-15-22(31)34)7-8-21(20)32(25)26(16-33)9-2-1-3-10-26/h4-8,13-14,23,33H,1-3,9-12,15-16H2,(H,29,30,35). The van der Waals surface area contributed by atoms with E-state index in [1.807, 2.05) is 16.7 Å². The number of alkyl halides is 2. The number of ether oxygens (including phenoxy) is 1. The minimum absolute atomic E-state index is 0.0130. The number of nitrogens with zero attached hydrogens (tertiary/aromatic N) is 3. The number of carbonyl (C=O) groups excluding carboxylic acids is 2. The van der Waals surface area contributed by atoms with Crippen LogP contribution in [0.25, 0.3) is 11.0 Å². The number of hydrogen-bond acceptors (Lipinski definition) is 5. The second kappa shape index (κ2) is 9.94. The van der Waals surface area contributed by atoms with Crippen LogP contribution >= 0.6 is 0 Å². The van der Waals surface area contributed by atoms with Crippen LogP contribution in [-0.4, -0.2) is 52.8 Å². The van der Waals surface area contributed by atoms with E-state index in [2.05, 4.69) is 10.3 Å². The Kier molecular flexibility index (Phi) is 6.72. The third kappa shape index (κ3) is 4.46. The Morgan fingerprint density at radius 1 is 1.17 bits per heavy atom. The summed E-state index contributed by atoms with van der Waals surface area (Å²) in [6.45, 7) is 0.742. The zero-order valence-electron chi connectivity index (χ0n) is 19.8. The Hall–Kier alpha value is -3.37. The van der Waals surface area contributed by atoms with Crippen LogP contribution in [0.2, 0.25) is 0 Å². The third-order valence-corrected chi connectivity index (χ3v) is 7.11. The third-order valence-electron chi connectivity index (χ3n) is 7.11. The number of aliphatic hydroxyl groups excluding tert-OH is 1. The smallest absolute Gasteiger partial charge is 0.263 e. The molecule has 1 saturated carbocycles. The predicted octanol–water partition coefficient (Wildman–Crippen LogP) is 4.24. The molecule has 5 rings (SSSR count). The lowest BCUT2D eigenvalue weighted by atomic mass is 9.82. The molecule has 0 radical (unpaired) electrons. The number of fused-ring (bicyclic) bond motifs is 1. The van der Waals surface area contributed by atoms with Crippen LogP contribution in [0.1, 0.15) is 54.5 Å². The normalized spacial score (nSPS) is 18.1. The van der Waals surface area contributed by atoms with Crippen LogP contribution in [0.5, 0.6) is 0 Å². The van der Waals surface area contributed by atoms with Crippen molar-refractivity contribution in [3.63, 3.8) is 0 Å². The molecule has 3 aromatic rings. The van der Waals surface area contributed by atoms with E-state index in [4.69, 9.17) is 4.74 Å². The zero-order chi connectivity index (χ0) is 25.3. The second-order valence-corrected chi connectivity index (χ2v) is 9.37. The molecule has 2 heterocycles. The molecule has 1 aliphatic carbocycles. The van der Waals surface area contributed by atoms with Crippen molar-refractivity contribution in [2.24, 2.45) is 0 Å². The number of halogens is 2. The van der Waals surface area contributed by atoms with Crippen molar-refractivity contribution in [2.75, 3.05) is 36.6 Å². The molecule has 8 nitrogen and oxygen atoms in total. The van der Waals surface area contributed by atoms with Crippen molar-refractivity contribution < 1.29 is 28.2 Å². The first-order valence-electron chi connectivity index (χ1n) is 12.1. The highest BCUT2D eigenvalue weighted by atomic mass is 19.3. The van der Waals surface area contributed by atoms with Gasteiger partial charge in [-0.15, -0.1) is 0 Å². The van der Waals surface area contributed by atoms with Crippen molar-refractivity contribution in [1.29, 1.82) is 0 Å². The van der Waals surface area contributed by atoms with Gasteiger partial charge in [-0.25, -0.2) is 13.8 Å². The molecule has 0 unspecified atom stereocenters. The van der Waals surface area contributed by atoms with E-state index in [-0.39, 0.29) is 36.2 Å². The van der Waals surface area contributed by atoms with Crippen LogP contribution in [0.15, 0.2) is 42.5 Å². The van der Waals surface area contributed by atoms with Gasteiger partial charge >= 0.3 is 0 Å². The molecule has 190 valence electrons. The SMILES string of the molecule is O=C(Nc1nc2cc(N3CCOCC3=O)ccc2n1C1(CO)CCCCC1)c1cccc(C(F)F)c1. The largest absolute Gasteiger partial charge is 0.394 e. The van der Waals surface area contributed by atoms with Crippen molar-refractivity contribution in [3.05, 3.63) is 53.6 Å². The van der Waals surface area contributed by atoms with Gasteiger partial charge in [0.05, 0.1) is 29.8 Å². The number of imidazole rings is 1. The van der Waals surface area contributed by atoms with Gasteiger partial charge in [0.15, 0.2) is 0 Å². The van der Waals surface area contributed by atoms with E-state index in [0.29, 0.717) is 42.7 Å². The van der Waals surface area contributed by atoms with Gasteiger partial charge in [-0.1, -0.05) is 31.4 Å². The number of benzene rings is 2. The molecule has 2 amide bonds. The summed E-state index contributed by atoms with van der Waals surface area (Å²) in [4.78, 5) is 31.8. The van der Waals surface area contributed by atoms with E-state index >= 15 is 0 Å². The molecule has 0 bridgehead atoms. The average Bonchev–Trinajstić information content (AvgIpc) is 3.27.